The summed E-state index contributed by atoms with van der Waals surface area (Å²) >= 11 is 0. The van der Waals surface area contributed by atoms with Crippen molar-refractivity contribution in [2.75, 3.05) is 26.2 Å². The first-order chi connectivity index (χ1) is 6.20. The second kappa shape index (κ2) is 7.98. The predicted molar refractivity (Wildman–Crippen MR) is 54.5 cm³/mol. The number of ether oxygens (including phenoxy) is 1. The summed E-state index contributed by atoms with van der Waals surface area (Å²) in [6, 6.07) is 0. The summed E-state index contributed by atoms with van der Waals surface area (Å²) < 4.78 is 5.01. The van der Waals surface area contributed by atoms with Crippen molar-refractivity contribution < 1.29 is 9.84 Å². The second-order valence-electron chi connectivity index (χ2n) is 2.81. The molecule has 0 heterocycles. The summed E-state index contributed by atoms with van der Waals surface area (Å²) in [5.41, 5.74) is 0. The molecular formula is C10H19NO2. The van der Waals surface area contributed by atoms with E-state index in [9.17, 15) is 0 Å². The molecular weight excluding hydrogens is 166 g/mol. The van der Waals surface area contributed by atoms with E-state index in [0.29, 0.717) is 6.61 Å². The van der Waals surface area contributed by atoms with Gasteiger partial charge in [0.25, 0.3) is 0 Å². The molecule has 13 heavy (non-hydrogen) atoms. The van der Waals surface area contributed by atoms with Crippen LogP contribution in [0.5, 0.6) is 0 Å². The van der Waals surface area contributed by atoms with Gasteiger partial charge in [-0.25, -0.2) is 0 Å². The van der Waals surface area contributed by atoms with Crippen molar-refractivity contribution in [1.29, 1.82) is 0 Å². The van der Waals surface area contributed by atoms with Gasteiger partial charge in [0, 0.05) is 19.6 Å². The molecule has 1 atom stereocenters. The van der Waals surface area contributed by atoms with Crippen LogP contribution in [-0.2, 0) is 4.74 Å². The molecule has 0 fully saturated rings. The zero-order valence-corrected chi connectivity index (χ0v) is 8.28. The van der Waals surface area contributed by atoms with Crippen molar-refractivity contribution in [2.24, 2.45) is 0 Å². The SMILES string of the molecule is C=CCN(CC=C)CCOC(C)O. The van der Waals surface area contributed by atoms with Gasteiger partial charge in [0.15, 0.2) is 6.29 Å². The molecule has 0 aliphatic carbocycles. The summed E-state index contributed by atoms with van der Waals surface area (Å²) in [7, 11) is 0. The monoisotopic (exact) mass is 185 g/mol. The van der Waals surface area contributed by atoms with E-state index in [0.717, 1.165) is 19.6 Å². The Morgan fingerprint density at radius 2 is 1.92 bits per heavy atom. The van der Waals surface area contributed by atoms with Crippen LogP contribution in [0.1, 0.15) is 6.92 Å². The first-order valence-electron chi connectivity index (χ1n) is 4.44. The van der Waals surface area contributed by atoms with Crippen LogP contribution >= 0.6 is 0 Å². The van der Waals surface area contributed by atoms with Crippen LogP contribution in [0.15, 0.2) is 25.3 Å². The van der Waals surface area contributed by atoms with E-state index in [1.165, 1.54) is 0 Å². The summed E-state index contributed by atoms with van der Waals surface area (Å²) in [5.74, 6) is 0. The van der Waals surface area contributed by atoms with Crippen LogP contribution in [-0.4, -0.2) is 42.5 Å². The molecule has 3 heteroatoms. The van der Waals surface area contributed by atoms with E-state index in [1.807, 2.05) is 12.2 Å². The zero-order valence-electron chi connectivity index (χ0n) is 8.28. The van der Waals surface area contributed by atoms with Gasteiger partial charge >= 0.3 is 0 Å². The molecule has 0 saturated heterocycles. The highest BCUT2D eigenvalue weighted by Gasteiger charge is 2.01. The Morgan fingerprint density at radius 3 is 2.31 bits per heavy atom. The second-order valence-corrected chi connectivity index (χ2v) is 2.81. The molecule has 0 aliphatic heterocycles. The smallest absolute Gasteiger partial charge is 0.151 e. The Hall–Kier alpha value is -0.640. The van der Waals surface area contributed by atoms with Crippen LogP contribution in [0.4, 0.5) is 0 Å². The first kappa shape index (κ1) is 12.4. The van der Waals surface area contributed by atoms with Gasteiger partial charge in [0.05, 0.1) is 6.61 Å². The minimum absolute atomic E-state index is 0.527. The largest absolute Gasteiger partial charge is 0.368 e. The maximum atomic E-state index is 8.84. The van der Waals surface area contributed by atoms with E-state index >= 15 is 0 Å². The number of aliphatic hydroxyl groups is 1. The number of aliphatic hydroxyl groups excluding tert-OH is 1. The predicted octanol–water partition coefficient (Wildman–Crippen LogP) is 1.02. The van der Waals surface area contributed by atoms with E-state index in [2.05, 4.69) is 18.1 Å². The van der Waals surface area contributed by atoms with Crippen LogP contribution in [0, 0.1) is 0 Å². The summed E-state index contributed by atoms with van der Waals surface area (Å²) in [6.07, 6.45) is 2.99. The Kier molecular flexibility index (Phi) is 7.59. The standard InChI is InChI=1S/C10H19NO2/c1-4-6-11(7-5-2)8-9-13-10(3)12/h4-5,10,12H,1-2,6-9H2,3H3. The Morgan fingerprint density at radius 1 is 1.38 bits per heavy atom. The van der Waals surface area contributed by atoms with E-state index in [4.69, 9.17) is 9.84 Å². The molecule has 0 spiro atoms. The normalized spacial score (nSPS) is 12.8. The van der Waals surface area contributed by atoms with Gasteiger partial charge in [0.1, 0.15) is 0 Å². The van der Waals surface area contributed by atoms with Crippen molar-refractivity contribution >= 4 is 0 Å². The van der Waals surface area contributed by atoms with Crippen molar-refractivity contribution in [2.45, 2.75) is 13.2 Å². The molecule has 1 unspecified atom stereocenters. The van der Waals surface area contributed by atoms with E-state index in [-0.39, 0.29) is 0 Å². The fourth-order valence-corrected chi connectivity index (χ4v) is 0.975. The first-order valence-corrected chi connectivity index (χ1v) is 4.44. The molecule has 1 N–H and O–H groups in total. The number of hydrogen-bond acceptors (Lipinski definition) is 3. The molecule has 0 aromatic rings. The number of nitrogens with zero attached hydrogens (tertiary/aromatic N) is 1. The Balaban J connectivity index is 3.55. The average molecular weight is 185 g/mol. The van der Waals surface area contributed by atoms with Crippen LogP contribution in [0.2, 0.25) is 0 Å². The summed E-state index contributed by atoms with van der Waals surface area (Å²) in [6.45, 7) is 11.9. The highest BCUT2D eigenvalue weighted by atomic mass is 16.6. The highest BCUT2D eigenvalue weighted by molar-refractivity contribution is 4.79. The van der Waals surface area contributed by atoms with Crippen molar-refractivity contribution in [1.82, 2.24) is 4.90 Å². The van der Waals surface area contributed by atoms with Crippen LogP contribution in [0.3, 0.4) is 0 Å². The Bertz CT molecular complexity index is 136. The number of hydrogen-bond donors (Lipinski definition) is 1. The van der Waals surface area contributed by atoms with Crippen molar-refractivity contribution in [3.05, 3.63) is 25.3 Å². The molecule has 76 valence electrons. The fourth-order valence-electron chi connectivity index (χ4n) is 0.975. The van der Waals surface area contributed by atoms with Crippen LogP contribution in [0.25, 0.3) is 0 Å². The summed E-state index contributed by atoms with van der Waals surface area (Å²) in [4.78, 5) is 2.13. The maximum Gasteiger partial charge on any atom is 0.151 e. The summed E-state index contributed by atoms with van der Waals surface area (Å²) in [5, 5.41) is 8.84. The lowest BCUT2D eigenvalue weighted by Gasteiger charge is -2.18. The van der Waals surface area contributed by atoms with Crippen molar-refractivity contribution in [3.8, 4) is 0 Å². The lowest BCUT2D eigenvalue weighted by Crippen LogP contribution is -2.29. The van der Waals surface area contributed by atoms with Gasteiger partial charge in [-0.3, -0.25) is 4.90 Å². The average Bonchev–Trinajstić information content (AvgIpc) is 2.04. The minimum atomic E-state index is -0.686. The fraction of sp³-hybridized carbons (Fsp3) is 0.600. The van der Waals surface area contributed by atoms with Gasteiger partial charge in [-0.15, -0.1) is 13.2 Å². The van der Waals surface area contributed by atoms with Gasteiger partial charge in [0.2, 0.25) is 0 Å². The van der Waals surface area contributed by atoms with Gasteiger partial charge in [-0.1, -0.05) is 12.2 Å². The molecule has 0 amide bonds. The topological polar surface area (TPSA) is 32.7 Å². The van der Waals surface area contributed by atoms with Crippen molar-refractivity contribution in [3.63, 3.8) is 0 Å². The molecule has 0 aliphatic rings. The van der Waals surface area contributed by atoms with Crippen LogP contribution < -0.4 is 0 Å². The lowest BCUT2D eigenvalue weighted by atomic mass is 10.4. The molecule has 0 aromatic heterocycles. The Labute approximate surface area is 80.3 Å². The molecule has 0 aromatic carbocycles. The zero-order chi connectivity index (χ0) is 10.1. The van der Waals surface area contributed by atoms with E-state index in [1.54, 1.807) is 6.92 Å². The third-order valence-electron chi connectivity index (χ3n) is 1.54. The third-order valence-corrected chi connectivity index (χ3v) is 1.54. The van der Waals surface area contributed by atoms with Gasteiger partial charge < -0.3 is 9.84 Å². The molecule has 0 saturated carbocycles. The minimum Gasteiger partial charge on any atom is -0.368 e. The highest BCUT2D eigenvalue weighted by Crippen LogP contribution is 1.91. The van der Waals surface area contributed by atoms with Gasteiger partial charge in [-0.2, -0.15) is 0 Å². The lowest BCUT2D eigenvalue weighted by molar-refractivity contribution is -0.0884. The molecule has 0 radical (unpaired) electrons. The quantitative estimate of drug-likeness (QED) is 0.452. The molecule has 0 bridgehead atoms. The van der Waals surface area contributed by atoms with E-state index < -0.39 is 6.29 Å². The molecule has 0 rings (SSSR count). The van der Waals surface area contributed by atoms with Gasteiger partial charge in [-0.05, 0) is 6.92 Å². The number of rotatable bonds is 8. The third kappa shape index (κ3) is 7.71. The molecule has 3 nitrogen and oxygen atoms in total. The maximum absolute atomic E-state index is 8.84.